The molecule has 1 aliphatic rings. The van der Waals surface area contributed by atoms with Gasteiger partial charge in [0.05, 0.1) is 12.6 Å². The quantitative estimate of drug-likeness (QED) is 0.0391. The highest BCUT2D eigenvalue weighted by atomic mass is 16.4. The molecule has 5 amide bonds. The lowest BCUT2D eigenvalue weighted by Gasteiger charge is -2.28. The number of carboxylic acid groups (broad SMARTS) is 1. The van der Waals surface area contributed by atoms with Gasteiger partial charge in [-0.1, -0.05) is 32.0 Å². The number of benzene rings is 1. The zero-order chi connectivity index (χ0) is 39.8. The highest BCUT2D eigenvalue weighted by molar-refractivity contribution is 5.96. The molecule has 54 heavy (non-hydrogen) atoms. The Morgan fingerprint density at radius 3 is 2.28 bits per heavy atom. The monoisotopic (exact) mass is 755 g/mol. The van der Waals surface area contributed by atoms with E-state index in [0.29, 0.717) is 32.2 Å². The van der Waals surface area contributed by atoms with Crippen LogP contribution < -0.4 is 44.2 Å². The maximum absolute atomic E-state index is 13.7. The lowest BCUT2D eigenvalue weighted by atomic mass is 10.0. The molecule has 0 aliphatic carbocycles. The zero-order valence-corrected chi connectivity index (χ0v) is 31.1. The highest BCUT2D eigenvalue weighted by Crippen LogP contribution is 2.20. The van der Waals surface area contributed by atoms with E-state index in [1.54, 1.807) is 6.20 Å². The number of rotatable bonds is 22. The number of aliphatic carboxylic acids is 1. The van der Waals surface area contributed by atoms with E-state index < -0.39 is 65.7 Å². The lowest BCUT2D eigenvalue weighted by molar-refractivity contribution is -0.143. The fraction of sp³-hybridized carbons (Fsp3) is 0.583. The van der Waals surface area contributed by atoms with Gasteiger partial charge >= 0.3 is 5.97 Å². The Morgan fingerprint density at radius 2 is 1.61 bits per heavy atom. The Kier molecular flexibility index (Phi) is 17.2. The summed E-state index contributed by atoms with van der Waals surface area (Å²) in [5.41, 5.74) is 24.5. The molecule has 18 heteroatoms. The molecule has 1 aliphatic heterocycles. The number of carbonyl (C=O) groups is 6. The fourth-order valence-electron chi connectivity index (χ4n) is 6.40. The van der Waals surface area contributed by atoms with Crippen LogP contribution in [0.15, 0.2) is 35.5 Å². The topological polar surface area (TPSA) is 306 Å². The second kappa shape index (κ2) is 21.5. The first-order chi connectivity index (χ1) is 25.7. The summed E-state index contributed by atoms with van der Waals surface area (Å²) in [6.45, 7) is 4.07. The number of H-pyrrole nitrogens is 1. The van der Waals surface area contributed by atoms with Gasteiger partial charge in [-0.15, -0.1) is 0 Å². The standard InChI is InChI=1S/C36H57N11O7/c1-21(2)17-28(35(53)54)46-33(51)27(12-7-15-41-36(39)40)44-32(50)26(11-5-6-14-37)45-34(52)29-13-8-16-47(29)30(48)20-43-31(49)24(38)18-22-19-42-25-10-4-3-9-23(22)25/h3-4,9-10,19,21,24,26-29,42H,5-8,11-18,20,37-38H2,1-2H3,(H,43,49)(H,44,50)(H,45,52)(H,46,51)(H,53,54)(H4,39,40,41)/t24-,26-,27-,28-,29-/m0/s1. The third-order valence-electron chi connectivity index (χ3n) is 9.22. The first-order valence-corrected chi connectivity index (χ1v) is 18.5. The van der Waals surface area contributed by atoms with Gasteiger partial charge in [0.25, 0.3) is 0 Å². The van der Waals surface area contributed by atoms with Crippen molar-refractivity contribution in [2.24, 2.45) is 33.8 Å². The van der Waals surface area contributed by atoms with Crippen LogP contribution in [0.25, 0.3) is 10.9 Å². The number of hydrogen-bond donors (Lipinski definition) is 10. The van der Waals surface area contributed by atoms with Crippen LogP contribution in [-0.2, 0) is 35.2 Å². The van der Waals surface area contributed by atoms with Crippen LogP contribution in [0, 0.1) is 5.92 Å². The number of fused-ring (bicyclic) bond motifs is 1. The van der Waals surface area contributed by atoms with Crippen molar-refractivity contribution < 1.29 is 33.9 Å². The van der Waals surface area contributed by atoms with Crippen molar-refractivity contribution in [3.8, 4) is 0 Å². The summed E-state index contributed by atoms with van der Waals surface area (Å²) in [6.07, 6.45) is 4.68. The van der Waals surface area contributed by atoms with Crippen LogP contribution in [-0.4, -0.2) is 113 Å². The molecule has 0 radical (unpaired) electrons. The third kappa shape index (κ3) is 13.3. The molecule has 298 valence electrons. The average molecular weight is 756 g/mol. The molecule has 2 aromatic rings. The number of likely N-dealkylation sites (tertiary alicyclic amines) is 1. The highest BCUT2D eigenvalue weighted by Gasteiger charge is 2.37. The molecule has 18 nitrogen and oxygen atoms in total. The van der Waals surface area contributed by atoms with Gasteiger partial charge in [-0.05, 0) is 81.9 Å². The smallest absolute Gasteiger partial charge is 0.326 e. The minimum Gasteiger partial charge on any atom is -0.480 e. The molecule has 14 N–H and O–H groups in total. The Hall–Kier alpha value is -5.23. The summed E-state index contributed by atoms with van der Waals surface area (Å²) < 4.78 is 0. The van der Waals surface area contributed by atoms with Crippen LogP contribution in [0.5, 0.6) is 0 Å². The molecule has 1 aromatic heterocycles. The minimum atomic E-state index is -1.21. The molecule has 1 fully saturated rings. The lowest BCUT2D eigenvalue weighted by Crippen LogP contribution is -2.58. The van der Waals surface area contributed by atoms with Crippen molar-refractivity contribution >= 4 is 52.4 Å². The minimum absolute atomic E-state index is 0.0321. The van der Waals surface area contributed by atoms with E-state index >= 15 is 0 Å². The third-order valence-corrected chi connectivity index (χ3v) is 9.22. The van der Waals surface area contributed by atoms with Crippen molar-refractivity contribution in [2.75, 3.05) is 26.2 Å². The van der Waals surface area contributed by atoms with Crippen LogP contribution in [0.3, 0.4) is 0 Å². The van der Waals surface area contributed by atoms with Gasteiger partial charge in [0, 0.05) is 30.2 Å². The number of hydrogen-bond acceptors (Lipinski definition) is 9. The number of nitrogens with zero attached hydrogens (tertiary/aromatic N) is 2. The number of para-hydroxylation sites is 1. The van der Waals surface area contributed by atoms with Crippen LogP contribution >= 0.6 is 0 Å². The van der Waals surface area contributed by atoms with Gasteiger partial charge in [-0.25, -0.2) is 4.79 Å². The summed E-state index contributed by atoms with van der Waals surface area (Å²) >= 11 is 0. The molecule has 5 atom stereocenters. The van der Waals surface area contributed by atoms with Gasteiger partial charge in [0.1, 0.15) is 24.2 Å². The number of aromatic amines is 1. The fourth-order valence-corrected chi connectivity index (χ4v) is 6.40. The van der Waals surface area contributed by atoms with E-state index in [1.165, 1.54) is 4.90 Å². The van der Waals surface area contributed by atoms with E-state index in [4.69, 9.17) is 22.9 Å². The van der Waals surface area contributed by atoms with Gasteiger partial charge in [-0.2, -0.15) is 0 Å². The Morgan fingerprint density at radius 1 is 0.944 bits per heavy atom. The number of carboxylic acids is 1. The molecular weight excluding hydrogens is 698 g/mol. The molecule has 1 aromatic carbocycles. The molecule has 3 rings (SSSR count). The number of aromatic nitrogens is 1. The Labute approximate surface area is 315 Å². The Balaban J connectivity index is 1.66. The maximum Gasteiger partial charge on any atom is 0.326 e. The molecule has 2 heterocycles. The molecule has 0 bridgehead atoms. The molecule has 0 unspecified atom stereocenters. The van der Waals surface area contributed by atoms with Gasteiger partial charge in [-0.3, -0.25) is 29.0 Å². The van der Waals surface area contributed by atoms with Gasteiger partial charge in [0.15, 0.2) is 5.96 Å². The summed E-state index contributed by atoms with van der Waals surface area (Å²) in [7, 11) is 0. The van der Waals surface area contributed by atoms with Crippen molar-refractivity contribution in [3.63, 3.8) is 0 Å². The molecular formula is C36H57N11O7. The van der Waals surface area contributed by atoms with Crippen molar-refractivity contribution in [1.29, 1.82) is 0 Å². The van der Waals surface area contributed by atoms with Crippen LogP contribution in [0.2, 0.25) is 0 Å². The summed E-state index contributed by atoms with van der Waals surface area (Å²) in [5.74, 6) is -4.30. The first-order valence-electron chi connectivity index (χ1n) is 18.5. The largest absolute Gasteiger partial charge is 0.480 e. The molecule has 1 saturated heterocycles. The number of nitrogens with two attached hydrogens (primary N) is 4. The summed E-state index contributed by atoms with van der Waals surface area (Å²) in [4.78, 5) is 87.2. The number of aliphatic imine (C=N–C) groups is 1. The van der Waals surface area contributed by atoms with Crippen LogP contribution in [0.4, 0.5) is 0 Å². The number of amides is 5. The first kappa shape index (κ1) is 43.2. The van der Waals surface area contributed by atoms with Crippen molar-refractivity contribution in [2.45, 2.75) is 102 Å². The normalized spacial score (nSPS) is 16.2. The molecule has 0 spiro atoms. The van der Waals surface area contributed by atoms with Gasteiger partial charge in [0.2, 0.25) is 29.5 Å². The van der Waals surface area contributed by atoms with E-state index in [0.717, 1.165) is 16.5 Å². The zero-order valence-electron chi connectivity index (χ0n) is 31.1. The predicted octanol–water partition coefficient (Wildman–Crippen LogP) is -1.09. The SMILES string of the molecule is CC(C)C[C@H](NC(=O)[C@H](CCCN=C(N)N)NC(=O)[C@H](CCCCN)NC(=O)[C@@H]1CCCN1C(=O)CNC(=O)[C@@H](N)Cc1c[nH]c2ccccc12)C(=O)O. The predicted molar refractivity (Wildman–Crippen MR) is 203 cm³/mol. The van der Waals surface area contributed by atoms with Crippen molar-refractivity contribution in [1.82, 2.24) is 31.2 Å². The number of carbonyl (C=O) groups excluding carboxylic acids is 5. The maximum atomic E-state index is 13.7. The molecule has 0 saturated carbocycles. The number of guanidine groups is 1. The van der Waals surface area contributed by atoms with Crippen LogP contribution in [0.1, 0.15) is 70.8 Å². The van der Waals surface area contributed by atoms with Gasteiger partial charge < -0.3 is 59.2 Å². The van der Waals surface area contributed by atoms with E-state index in [2.05, 4.69) is 31.2 Å². The van der Waals surface area contributed by atoms with Crippen molar-refractivity contribution in [3.05, 3.63) is 36.0 Å². The second-order valence-corrected chi connectivity index (χ2v) is 14.0. The summed E-state index contributed by atoms with van der Waals surface area (Å²) in [5, 5.41) is 21.2. The number of nitrogens with one attached hydrogen (secondary N) is 5. The van der Waals surface area contributed by atoms with E-state index in [1.807, 2.05) is 38.1 Å². The number of unbranched alkanes of at least 4 members (excludes halogenated alkanes) is 1. The average Bonchev–Trinajstić information content (AvgIpc) is 3.78. The Bertz CT molecular complexity index is 1620. The second-order valence-electron chi connectivity index (χ2n) is 14.0. The van der Waals surface area contributed by atoms with E-state index in [-0.39, 0.29) is 63.6 Å². The van der Waals surface area contributed by atoms with E-state index in [9.17, 15) is 33.9 Å². The summed E-state index contributed by atoms with van der Waals surface area (Å²) in [6, 6.07) is 2.39.